The van der Waals surface area contributed by atoms with E-state index in [1.54, 1.807) is 0 Å². The quantitative estimate of drug-likeness (QED) is 0.153. The third kappa shape index (κ3) is 6.29. The Hall–Kier alpha value is -8.40. The second-order valence-electron chi connectivity index (χ2n) is 16.1. The summed E-state index contributed by atoms with van der Waals surface area (Å²) in [6, 6.07) is 87.2. The van der Waals surface area contributed by atoms with Gasteiger partial charge in [-0.15, -0.1) is 0 Å². The van der Waals surface area contributed by atoms with E-state index in [9.17, 15) is 0 Å². The number of rotatable bonds is 8. The molecule has 63 heavy (non-hydrogen) atoms. The average molecular weight is 805 g/mol. The van der Waals surface area contributed by atoms with Crippen molar-refractivity contribution in [2.45, 2.75) is 0 Å². The summed E-state index contributed by atoms with van der Waals surface area (Å²) in [4.78, 5) is 2.41. The second kappa shape index (κ2) is 15.3. The molecule has 10 aromatic carbocycles. The third-order valence-corrected chi connectivity index (χ3v) is 12.4. The van der Waals surface area contributed by atoms with Crippen LogP contribution in [0.1, 0.15) is 0 Å². The summed E-state index contributed by atoms with van der Waals surface area (Å²) in [6.07, 6.45) is 0. The highest BCUT2D eigenvalue weighted by molar-refractivity contribution is 6.10. The van der Waals surface area contributed by atoms with Crippen molar-refractivity contribution >= 4 is 60.8 Å². The van der Waals surface area contributed by atoms with Gasteiger partial charge in [-0.3, -0.25) is 0 Å². The van der Waals surface area contributed by atoms with Crippen molar-refractivity contribution in [3.05, 3.63) is 243 Å². The van der Waals surface area contributed by atoms with Crippen LogP contribution < -0.4 is 4.90 Å². The van der Waals surface area contributed by atoms with Gasteiger partial charge in [0.05, 0.1) is 22.4 Å². The Kier molecular flexibility index (Phi) is 8.83. The highest BCUT2D eigenvalue weighted by Crippen LogP contribution is 2.45. The minimum Gasteiger partial charge on any atom is -0.456 e. The van der Waals surface area contributed by atoms with Crippen LogP contribution in [-0.4, -0.2) is 4.57 Å². The molecule has 296 valence electrons. The highest BCUT2D eigenvalue weighted by atomic mass is 16.3. The second-order valence-corrected chi connectivity index (χ2v) is 16.1. The van der Waals surface area contributed by atoms with Crippen LogP contribution in [0.5, 0.6) is 0 Å². The van der Waals surface area contributed by atoms with Gasteiger partial charge in [0.1, 0.15) is 11.2 Å². The molecule has 0 unspecified atom stereocenters. The van der Waals surface area contributed by atoms with Gasteiger partial charge in [0.15, 0.2) is 0 Å². The van der Waals surface area contributed by atoms with E-state index in [0.29, 0.717) is 0 Å². The van der Waals surface area contributed by atoms with E-state index in [2.05, 4.69) is 240 Å². The van der Waals surface area contributed by atoms with Gasteiger partial charge in [0.2, 0.25) is 0 Å². The molecule has 0 aliphatic rings. The standard InChI is InChI=1S/C60H40N2O/c1-2-17-41(18-3-1)47-21-4-5-23-49(47)50-24-7-12-29-56(50)61(46-20-16-19-43(39-46)44-35-38-54-53-27-10-15-32-59(53)63-60(54)40-44)45-36-33-42(34-37-45)48-22-6-11-28-55(48)62-57-30-13-8-25-51(57)52-26-9-14-31-58(52)62/h1-40H. The van der Waals surface area contributed by atoms with Gasteiger partial charge >= 0.3 is 0 Å². The van der Waals surface area contributed by atoms with Gasteiger partial charge in [-0.05, 0) is 100 Å². The maximum Gasteiger partial charge on any atom is 0.136 e. The maximum absolute atomic E-state index is 6.35. The van der Waals surface area contributed by atoms with Crippen molar-refractivity contribution < 1.29 is 4.42 Å². The van der Waals surface area contributed by atoms with Crippen LogP contribution in [0.15, 0.2) is 247 Å². The normalized spacial score (nSPS) is 11.5. The molecule has 0 radical (unpaired) electrons. The number of hydrogen-bond acceptors (Lipinski definition) is 2. The lowest BCUT2D eigenvalue weighted by Crippen LogP contribution is -2.11. The Balaban J connectivity index is 1.02. The Bertz CT molecular complexity index is 3580. The van der Waals surface area contributed by atoms with E-state index in [0.717, 1.165) is 66.9 Å². The first-order chi connectivity index (χ1) is 31.3. The summed E-state index contributed by atoms with van der Waals surface area (Å²) in [7, 11) is 0. The number of furan rings is 1. The fraction of sp³-hybridized carbons (Fsp3) is 0. The predicted octanol–water partition coefficient (Wildman–Crippen LogP) is 16.8. The van der Waals surface area contributed by atoms with Gasteiger partial charge in [-0.25, -0.2) is 0 Å². The summed E-state index contributed by atoms with van der Waals surface area (Å²) >= 11 is 0. The minimum absolute atomic E-state index is 0.885. The SMILES string of the molecule is c1ccc(-c2ccccc2-c2ccccc2N(c2ccc(-c3ccccc3-n3c4ccccc4c4ccccc43)cc2)c2cccc(-c3ccc4c(c3)oc3ccccc34)c2)cc1. The number of fused-ring (bicyclic) bond motifs is 6. The smallest absolute Gasteiger partial charge is 0.136 e. The monoisotopic (exact) mass is 804 g/mol. The Morgan fingerprint density at radius 1 is 0.302 bits per heavy atom. The first-order valence-corrected chi connectivity index (χ1v) is 21.5. The summed E-state index contributed by atoms with van der Waals surface area (Å²) in [5, 5.41) is 4.76. The zero-order chi connectivity index (χ0) is 41.7. The first-order valence-electron chi connectivity index (χ1n) is 21.5. The van der Waals surface area contributed by atoms with Crippen LogP contribution in [0, 0.1) is 0 Å². The van der Waals surface area contributed by atoms with Gasteiger partial charge in [0.25, 0.3) is 0 Å². The van der Waals surface area contributed by atoms with E-state index in [4.69, 9.17) is 4.42 Å². The van der Waals surface area contributed by atoms with Gasteiger partial charge in [0, 0.05) is 44.0 Å². The van der Waals surface area contributed by atoms with Crippen LogP contribution in [0.25, 0.3) is 93.9 Å². The number of nitrogens with zero attached hydrogens (tertiary/aromatic N) is 2. The lowest BCUT2D eigenvalue weighted by atomic mass is 9.93. The van der Waals surface area contributed by atoms with Crippen molar-refractivity contribution in [3.8, 4) is 50.2 Å². The first kappa shape index (κ1) is 36.5. The zero-order valence-corrected chi connectivity index (χ0v) is 34.4. The van der Waals surface area contributed by atoms with Crippen molar-refractivity contribution in [1.29, 1.82) is 0 Å². The van der Waals surface area contributed by atoms with Crippen LogP contribution in [0.4, 0.5) is 17.1 Å². The molecule has 0 atom stereocenters. The predicted molar refractivity (Wildman–Crippen MR) is 264 cm³/mol. The molecule has 0 saturated heterocycles. The maximum atomic E-state index is 6.35. The Morgan fingerprint density at radius 3 is 1.62 bits per heavy atom. The lowest BCUT2D eigenvalue weighted by Gasteiger charge is -2.29. The Labute approximate surface area is 366 Å². The van der Waals surface area contributed by atoms with Gasteiger partial charge in [-0.1, -0.05) is 176 Å². The molecule has 3 heteroatoms. The largest absolute Gasteiger partial charge is 0.456 e. The molecule has 0 fully saturated rings. The van der Waals surface area contributed by atoms with Crippen molar-refractivity contribution in [1.82, 2.24) is 4.57 Å². The summed E-state index contributed by atoms with van der Waals surface area (Å²) in [5.41, 5.74) is 17.7. The van der Waals surface area contributed by atoms with E-state index in [-0.39, 0.29) is 0 Å². The number of aromatic nitrogens is 1. The molecule has 0 N–H and O–H groups in total. The number of hydrogen-bond donors (Lipinski definition) is 0. The molecule has 12 aromatic rings. The highest BCUT2D eigenvalue weighted by Gasteiger charge is 2.21. The number of anilines is 3. The molecular formula is C60H40N2O. The van der Waals surface area contributed by atoms with E-state index in [1.807, 2.05) is 12.1 Å². The van der Waals surface area contributed by atoms with E-state index in [1.165, 1.54) is 44.1 Å². The summed E-state index contributed by atoms with van der Waals surface area (Å²) in [6.45, 7) is 0. The van der Waals surface area contributed by atoms with Crippen molar-refractivity contribution in [2.24, 2.45) is 0 Å². The van der Waals surface area contributed by atoms with E-state index < -0.39 is 0 Å². The van der Waals surface area contributed by atoms with E-state index >= 15 is 0 Å². The molecule has 0 aliphatic heterocycles. The number of benzene rings is 10. The molecule has 0 saturated carbocycles. The molecular weight excluding hydrogens is 765 g/mol. The minimum atomic E-state index is 0.885. The van der Waals surface area contributed by atoms with Gasteiger partial charge in [-0.2, -0.15) is 0 Å². The molecule has 2 aromatic heterocycles. The Morgan fingerprint density at radius 2 is 0.841 bits per heavy atom. The topological polar surface area (TPSA) is 21.3 Å². The molecule has 3 nitrogen and oxygen atoms in total. The molecule has 12 rings (SSSR count). The summed E-state index contributed by atoms with van der Waals surface area (Å²) < 4.78 is 8.76. The molecule has 2 heterocycles. The van der Waals surface area contributed by atoms with Crippen LogP contribution in [-0.2, 0) is 0 Å². The van der Waals surface area contributed by atoms with Crippen LogP contribution in [0.3, 0.4) is 0 Å². The van der Waals surface area contributed by atoms with Crippen LogP contribution >= 0.6 is 0 Å². The zero-order valence-electron chi connectivity index (χ0n) is 34.4. The average Bonchev–Trinajstić information content (AvgIpc) is 3.90. The van der Waals surface area contributed by atoms with Crippen LogP contribution in [0.2, 0.25) is 0 Å². The van der Waals surface area contributed by atoms with Crippen molar-refractivity contribution in [3.63, 3.8) is 0 Å². The summed E-state index contributed by atoms with van der Waals surface area (Å²) in [5.74, 6) is 0. The number of para-hydroxylation sites is 5. The van der Waals surface area contributed by atoms with Gasteiger partial charge < -0.3 is 13.9 Å². The third-order valence-electron chi connectivity index (χ3n) is 12.4. The molecule has 0 aliphatic carbocycles. The van der Waals surface area contributed by atoms with Crippen molar-refractivity contribution in [2.75, 3.05) is 4.90 Å². The fourth-order valence-electron chi connectivity index (χ4n) is 9.53. The molecule has 0 spiro atoms. The lowest BCUT2D eigenvalue weighted by molar-refractivity contribution is 0.669. The fourth-order valence-corrected chi connectivity index (χ4v) is 9.53. The molecule has 0 amide bonds. The molecule has 0 bridgehead atoms.